The van der Waals surface area contributed by atoms with Crippen molar-refractivity contribution in [3.8, 4) is 5.75 Å². The second kappa shape index (κ2) is 9.92. The summed E-state index contributed by atoms with van der Waals surface area (Å²) in [7, 11) is -1.33. The maximum absolute atomic E-state index is 12.5. The van der Waals surface area contributed by atoms with E-state index in [1.54, 1.807) is 12.1 Å². The zero-order chi connectivity index (χ0) is 21.7. The molecular weight excluding hydrogens is 391 g/mol. The van der Waals surface area contributed by atoms with Crippen LogP contribution >= 0.6 is 0 Å². The minimum Gasteiger partial charge on any atom is -0.534 e. The largest absolute Gasteiger partial charge is 0.547 e. The lowest BCUT2D eigenvalue weighted by Crippen LogP contribution is -2.55. The van der Waals surface area contributed by atoms with E-state index in [4.69, 9.17) is 10.4 Å². The molecule has 0 spiro atoms. The fourth-order valence-electron chi connectivity index (χ4n) is 3.84. The number of amides is 2. The fraction of sp³-hybridized carbons (Fsp3) is 0.526. The smallest absolute Gasteiger partial charge is 0.534 e. The number of benzene rings is 1. The molecule has 1 saturated heterocycles. The molecule has 2 aliphatic rings. The van der Waals surface area contributed by atoms with Crippen molar-refractivity contribution >= 4 is 24.9 Å². The monoisotopic (exact) mass is 418 g/mol. The van der Waals surface area contributed by atoms with Gasteiger partial charge in [0.15, 0.2) is 0 Å². The Bertz CT molecular complexity index is 799. The first-order valence-corrected chi connectivity index (χ1v) is 10.1. The van der Waals surface area contributed by atoms with Gasteiger partial charge >= 0.3 is 13.1 Å². The molecule has 6 N–H and O–H groups in total. The molecule has 0 aliphatic carbocycles. The van der Waals surface area contributed by atoms with E-state index in [9.17, 15) is 24.5 Å². The van der Waals surface area contributed by atoms with Gasteiger partial charge in [-0.15, -0.1) is 0 Å². The van der Waals surface area contributed by atoms with Crippen LogP contribution in [0.3, 0.4) is 0 Å². The number of piperidine rings is 1. The van der Waals surface area contributed by atoms with Crippen LogP contribution < -0.4 is 21.0 Å². The highest BCUT2D eigenvalue weighted by atomic mass is 16.5. The molecule has 0 saturated carbocycles. The SMILES string of the molecule is NCCC(=O)NC1CCN(CC(=O)NC2Cc3cccc(C(=O)O)c3OB2O)CC1. The van der Waals surface area contributed by atoms with Gasteiger partial charge in [-0.05, 0) is 30.9 Å². The van der Waals surface area contributed by atoms with Crippen molar-refractivity contribution in [1.82, 2.24) is 15.5 Å². The lowest BCUT2D eigenvalue weighted by molar-refractivity contribution is -0.124. The second-order valence-corrected chi connectivity index (χ2v) is 7.64. The molecule has 0 radical (unpaired) electrons. The Balaban J connectivity index is 1.48. The summed E-state index contributed by atoms with van der Waals surface area (Å²) in [5.41, 5.74) is 5.99. The van der Waals surface area contributed by atoms with Crippen molar-refractivity contribution in [2.24, 2.45) is 5.73 Å². The van der Waals surface area contributed by atoms with Gasteiger partial charge in [-0.2, -0.15) is 0 Å². The van der Waals surface area contributed by atoms with Crippen LogP contribution in [0.4, 0.5) is 0 Å². The third-order valence-corrected chi connectivity index (χ3v) is 5.39. The van der Waals surface area contributed by atoms with Crippen LogP contribution in [0.5, 0.6) is 5.75 Å². The second-order valence-electron chi connectivity index (χ2n) is 7.64. The molecule has 10 nitrogen and oxygen atoms in total. The van der Waals surface area contributed by atoms with E-state index in [0.29, 0.717) is 31.6 Å². The molecule has 0 bridgehead atoms. The molecule has 3 rings (SSSR count). The third kappa shape index (κ3) is 5.50. The van der Waals surface area contributed by atoms with Crippen molar-refractivity contribution < 1.29 is 29.2 Å². The van der Waals surface area contributed by atoms with Gasteiger partial charge in [-0.3, -0.25) is 14.5 Å². The van der Waals surface area contributed by atoms with E-state index in [0.717, 1.165) is 12.8 Å². The quantitative estimate of drug-likeness (QED) is 0.345. The van der Waals surface area contributed by atoms with Gasteiger partial charge in [0, 0.05) is 32.1 Å². The van der Waals surface area contributed by atoms with E-state index in [2.05, 4.69) is 10.6 Å². The summed E-state index contributed by atoms with van der Waals surface area (Å²) in [6.45, 7) is 1.85. The number of aromatic carboxylic acids is 1. The summed E-state index contributed by atoms with van der Waals surface area (Å²) in [6.07, 6.45) is 2.10. The maximum atomic E-state index is 12.5. The molecule has 0 aromatic heterocycles. The van der Waals surface area contributed by atoms with Crippen LogP contribution in [-0.2, 0) is 16.0 Å². The highest BCUT2D eigenvalue weighted by molar-refractivity contribution is 6.47. The number of carbonyl (C=O) groups excluding carboxylic acids is 2. The standard InChI is InChI=1S/C19H27BN4O6/c21-7-4-16(25)22-13-5-8-24(9-6-13)11-17(26)23-15-10-12-2-1-3-14(19(27)28)18(12)30-20(15)29/h1-3,13,15,29H,4-11,21H2,(H,22,25)(H,23,26)(H,27,28). The third-order valence-electron chi connectivity index (χ3n) is 5.39. The van der Waals surface area contributed by atoms with Gasteiger partial charge in [0.2, 0.25) is 11.8 Å². The molecule has 2 amide bonds. The maximum Gasteiger partial charge on any atom is 0.547 e. The normalized spacial score (nSPS) is 19.5. The van der Waals surface area contributed by atoms with Gasteiger partial charge < -0.3 is 31.2 Å². The number of carboxylic acid groups (broad SMARTS) is 1. The molecule has 1 aromatic rings. The van der Waals surface area contributed by atoms with Gasteiger partial charge in [0.25, 0.3) is 0 Å². The number of carbonyl (C=O) groups is 3. The van der Waals surface area contributed by atoms with Crippen LogP contribution in [0.2, 0.25) is 0 Å². The Hall–Kier alpha value is -2.63. The van der Waals surface area contributed by atoms with E-state index in [-0.39, 0.29) is 42.1 Å². The number of carboxylic acids is 1. The van der Waals surface area contributed by atoms with Gasteiger partial charge in [-0.25, -0.2) is 4.79 Å². The first-order valence-electron chi connectivity index (χ1n) is 10.1. The van der Waals surface area contributed by atoms with Crippen molar-refractivity contribution in [3.05, 3.63) is 29.3 Å². The zero-order valence-corrected chi connectivity index (χ0v) is 16.7. The van der Waals surface area contributed by atoms with Crippen LogP contribution in [0.25, 0.3) is 0 Å². The molecule has 1 aromatic carbocycles. The summed E-state index contributed by atoms with van der Waals surface area (Å²) in [6, 6.07) is 4.83. The highest BCUT2D eigenvalue weighted by Crippen LogP contribution is 2.30. The predicted molar refractivity (Wildman–Crippen MR) is 109 cm³/mol. The van der Waals surface area contributed by atoms with Crippen LogP contribution in [0.15, 0.2) is 18.2 Å². The van der Waals surface area contributed by atoms with E-state index in [1.165, 1.54) is 6.07 Å². The Morgan fingerprint density at radius 1 is 1.20 bits per heavy atom. The number of para-hydroxylation sites is 1. The Morgan fingerprint density at radius 2 is 1.93 bits per heavy atom. The van der Waals surface area contributed by atoms with Crippen molar-refractivity contribution in [2.75, 3.05) is 26.2 Å². The summed E-state index contributed by atoms with van der Waals surface area (Å²) >= 11 is 0. The first-order chi connectivity index (χ1) is 14.4. The number of rotatable bonds is 7. The molecule has 1 atom stereocenters. The Morgan fingerprint density at radius 3 is 2.60 bits per heavy atom. The average molecular weight is 418 g/mol. The summed E-state index contributed by atoms with van der Waals surface area (Å²) in [5, 5.41) is 25.2. The average Bonchev–Trinajstić information content (AvgIpc) is 2.69. The lowest BCUT2D eigenvalue weighted by Gasteiger charge is -2.33. The fourth-order valence-corrected chi connectivity index (χ4v) is 3.84. The minimum atomic E-state index is -1.33. The predicted octanol–water partition coefficient (Wildman–Crippen LogP) is -1.25. The molecular formula is C19H27BN4O6. The Labute approximate surface area is 174 Å². The highest BCUT2D eigenvalue weighted by Gasteiger charge is 2.38. The van der Waals surface area contributed by atoms with E-state index >= 15 is 0 Å². The summed E-state index contributed by atoms with van der Waals surface area (Å²) < 4.78 is 5.40. The molecule has 11 heteroatoms. The van der Waals surface area contributed by atoms with E-state index in [1.807, 2.05) is 4.90 Å². The number of nitrogens with one attached hydrogen (secondary N) is 2. The molecule has 2 heterocycles. The molecule has 1 unspecified atom stereocenters. The van der Waals surface area contributed by atoms with E-state index < -0.39 is 19.0 Å². The van der Waals surface area contributed by atoms with Crippen LogP contribution in [0.1, 0.15) is 35.2 Å². The number of fused-ring (bicyclic) bond motifs is 1. The van der Waals surface area contributed by atoms with Gasteiger partial charge in [-0.1, -0.05) is 12.1 Å². The van der Waals surface area contributed by atoms with Gasteiger partial charge in [0.1, 0.15) is 5.75 Å². The number of nitrogens with zero attached hydrogens (tertiary/aromatic N) is 1. The van der Waals surface area contributed by atoms with Gasteiger partial charge in [0.05, 0.1) is 18.0 Å². The van der Waals surface area contributed by atoms with Crippen molar-refractivity contribution in [1.29, 1.82) is 0 Å². The first kappa shape index (κ1) is 22.1. The topological polar surface area (TPSA) is 154 Å². The number of nitrogens with two attached hydrogens (primary N) is 1. The zero-order valence-electron chi connectivity index (χ0n) is 16.7. The molecule has 2 aliphatic heterocycles. The molecule has 1 fully saturated rings. The van der Waals surface area contributed by atoms with Crippen LogP contribution in [-0.4, -0.2) is 78.1 Å². The number of likely N-dealkylation sites (tertiary alicyclic amines) is 1. The molecule has 162 valence electrons. The molecule has 30 heavy (non-hydrogen) atoms. The summed E-state index contributed by atoms with van der Waals surface area (Å²) in [4.78, 5) is 37.4. The van der Waals surface area contributed by atoms with Crippen LogP contribution in [0, 0.1) is 0 Å². The van der Waals surface area contributed by atoms with Crippen molar-refractivity contribution in [3.63, 3.8) is 0 Å². The lowest BCUT2D eigenvalue weighted by atomic mass is 9.72. The number of hydrogen-bond donors (Lipinski definition) is 5. The number of hydrogen-bond acceptors (Lipinski definition) is 7. The summed E-state index contributed by atoms with van der Waals surface area (Å²) in [5.74, 6) is -1.95. The minimum absolute atomic E-state index is 0.0160. The van der Waals surface area contributed by atoms with Crippen molar-refractivity contribution in [2.45, 2.75) is 37.7 Å². The Kier molecular flexibility index (Phi) is 7.30.